The van der Waals surface area contributed by atoms with E-state index in [1.807, 2.05) is 30.3 Å². The van der Waals surface area contributed by atoms with Crippen molar-refractivity contribution in [3.63, 3.8) is 0 Å². The number of ether oxygens (including phenoxy) is 1. The Morgan fingerprint density at radius 2 is 1.90 bits per heavy atom. The molecule has 0 aliphatic carbocycles. The molecule has 154 valence electrons. The first-order chi connectivity index (χ1) is 13.7. The molecule has 2 aromatic carbocycles. The summed E-state index contributed by atoms with van der Waals surface area (Å²) in [5, 5.41) is 0. The summed E-state index contributed by atoms with van der Waals surface area (Å²) in [5.41, 5.74) is 1.25. The summed E-state index contributed by atoms with van der Waals surface area (Å²) >= 11 is 0. The van der Waals surface area contributed by atoms with Gasteiger partial charge in [-0.1, -0.05) is 36.4 Å². The molecule has 0 saturated carbocycles. The minimum atomic E-state index is -3.19. The van der Waals surface area contributed by atoms with E-state index in [4.69, 9.17) is 4.74 Å². The van der Waals surface area contributed by atoms with Crippen molar-refractivity contribution in [1.29, 1.82) is 0 Å². The predicted octanol–water partition coefficient (Wildman–Crippen LogP) is 2.51. The third-order valence-electron chi connectivity index (χ3n) is 4.90. The summed E-state index contributed by atoms with van der Waals surface area (Å²) in [7, 11) is -3.19. The first kappa shape index (κ1) is 21.0. The molecule has 2 aromatic rings. The predicted molar refractivity (Wildman–Crippen MR) is 105 cm³/mol. The smallest absolute Gasteiger partial charge is 0.338 e. The van der Waals surface area contributed by atoms with Crippen LogP contribution in [0.25, 0.3) is 0 Å². The lowest BCUT2D eigenvalue weighted by Gasteiger charge is -2.28. The van der Waals surface area contributed by atoms with Gasteiger partial charge >= 0.3 is 5.97 Å². The minimum absolute atomic E-state index is 0.0129. The van der Waals surface area contributed by atoms with E-state index in [-0.39, 0.29) is 23.6 Å². The normalized spacial score (nSPS) is 17.7. The van der Waals surface area contributed by atoms with Crippen molar-refractivity contribution >= 4 is 21.7 Å². The SMILES string of the molecule is Cc1ccc(C(=O)OCC(=O)N(Cc2ccccc2)[C@H]2CCS(=O)(=O)C2)cc1F. The summed E-state index contributed by atoms with van der Waals surface area (Å²) in [6, 6.07) is 12.7. The van der Waals surface area contributed by atoms with E-state index in [0.717, 1.165) is 11.6 Å². The Morgan fingerprint density at radius 3 is 2.52 bits per heavy atom. The second kappa shape index (κ2) is 8.73. The van der Waals surface area contributed by atoms with Crippen molar-refractivity contribution in [1.82, 2.24) is 4.90 Å². The van der Waals surface area contributed by atoms with Crippen LogP contribution >= 0.6 is 0 Å². The van der Waals surface area contributed by atoms with Gasteiger partial charge in [-0.05, 0) is 36.6 Å². The number of esters is 1. The zero-order valence-corrected chi connectivity index (χ0v) is 16.8. The molecule has 29 heavy (non-hydrogen) atoms. The molecule has 1 atom stereocenters. The van der Waals surface area contributed by atoms with E-state index < -0.39 is 40.2 Å². The average Bonchev–Trinajstić information content (AvgIpc) is 3.06. The standard InChI is InChI=1S/C21H22FNO5S/c1-15-7-8-17(11-19(15)22)21(25)28-13-20(24)23(12-16-5-3-2-4-6-16)18-9-10-29(26,27)14-18/h2-8,11,18H,9-10,12-14H2,1H3/t18-/m0/s1. The molecule has 0 radical (unpaired) electrons. The molecule has 6 nitrogen and oxygen atoms in total. The number of benzene rings is 2. The fraction of sp³-hybridized carbons (Fsp3) is 0.333. The van der Waals surface area contributed by atoms with Crippen LogP contribution in [-0.2, 0) is 25.9 Å². The van der Waals surface area contributed by atoms with E-state index >= 15 is 0 Å². The monoisotopic (exact) mass is 419 g/mol. The van der Waals surface area contributed by atoms with Crippen LogP contribution in [-0.4, -0.2) is 49.3 Å². The molecule has 1 fully saturated rings. The Bertz CT molecular complexity index is 1010. The van der Waals surface area contributed by atoms with E-state index in [2.05, 4.69) is 0 Å². The van der Waals surface area contributed by atoms with Crippen LogP contribution in [0.5, 0.6) is 0 Å². The Kier molecular flexibility index (Phi) is 6.32. The van der Waals surface area contributed by atoms with Crippen LogP contribution < -0.4 is 0 Å². The maximum atomic E-state index is 13.6. The number of carbonyl (C=O) groups excluding carboxylic acids is 2. The largest absolute Gasteiger partial charge is 0.452 e. The van der Waals surface area contributed by atoms with Gasteiger partial charge in [-0.15, -0.1) is 0 Å². The number of nitrogens with zero attached hydrogens (tertiary/aromatic N) is 1. The van der Waals surface area contributed by atoms with Gasteiger partial charge in [-0.25, -0.2) is 17.6 Å². The van der Waals surface area contributed by atoms with Crippen LogP contribution in [0.2, 0.25) is 0 Å². The highest BCUT2D eigenvalue weighted by atomic mass is 32.2. The summed E-state index contributed by atoms with van der Waals surface area (Å²) in [6.07, 6.45) is 0.345. The highest BCUT2D eigenvalue weighted by Gasteiger charge is 2.35. The molecule has 1 aliphatic rings. The first-order valence-electron chi connectivity index (χ1n) is 9.22. The van der Waals surface area contributed by atoms with E-state index in [1.165, 1.54) is 17.0 Å². The topological polar surface area (TPSA) is 80.8 Å². The molecule has 1 saturated heterocycles. The fourth-order valence-corrected chi connectivity index (χ4v) is 4.97. The van der Waals surface area contributed by atoms with Crippen LogP contribution in [0.15, 0.2) is 48.5 Å². The van der Waals surface area contributed by atoms with Gasteiger partial charge in [0.2, 0.25) is 0 Å². The zero-order valence-electron chi connectivity index (χ0n) is 16.0. The van der Waals surface area contributed by atoms with Gasteiger partial charge in [-0.3, -0.25) is 4.79 Å². The minimum Gasteiger partial charge on any atom is -0.452 e. The molecular weight excluding hydrogens is 397 g/mol. The second-order valence-electron chi connectivity index (χ2n) is 7.10. The summed E-state index contributed by atoms with van der Waals surface area (Å²) in [4.78, 5) is 26.4. The van der Waals surface area contributed by atoms with E-state index in [0.29, 0.717) is 12.0 Å². The number of aryl methyl sites for hydroxylation is 1. The Labute approximate surface area is 169 Å². The third-order valence-corrected chi connectivity index (χ3v) is 6.65. The molecule has 0 unspecified atom stereocenters. The van der Waals surface area contributed by atoms with Crippen LogP contribution in [0, 0.1) is 12.7 Å². The van der Waals surface area contributed by atoms with Crippen molar-refractivity contribution in [2.75, 3.05) is 18.1 Å². The summed E-state index contributed by atoms with van der Waals surface area (Å²) in [5.74, 6) is -1.91. The van der Waals surface area contributed by atoms with E-state index in [9.17, 15) is 22.4 Å². The number of sulfone groups is 1. The average molecular weight is 419 g/mol. The molecule has 1 heterocycles. The molecule has 0 aromatic heterocycles. The fourth-order valence-electron chi connectivity index (χ4n) is 3.24. The summed E-state index contributed by atoms with van der Waals surface area (Å²) < 4.78 is 42.5. The van der Waals surface area contributed by atoms with Crippen LogP contribution in [0.4, 0.5) is 4.39 Å². The van der Waals surface area contributed by atoms with Gasteiger partial charge in [0.25, 0.3) is 5.91 Å². The number of halogens is 1. The zero-order chi connectivity index (χ0) is 21.0. The van der Waals surface area contributed by atoms with Crippen molar-refractivity contribution in [2.24, 2.45) is 0 Å². The quantitative estimate of drug-likeness (QED) is 0.672. The Morgan fingerprint density at radius 1 is 1.17 bits per heavy atom. The van der Waals surface area contributed by atoms with Gasteiger partial charge in [0, 0.05) is 12.6 Å². The van der Waals surface area contributed by atoms with Gasteiger partial charge in [-0.2, -0.15) is 0 Å². The molecule has 0 N–H and O–H groups in total. The molecule has 0 bridgehead atoms. The molecule has 8 heteroatoms. The maximum absolute atomic E-state index is 13.6. The lowest BCUT2D eigenvalue weighted by Crippen LogP contribution is -2.42. The molecule has 0 spiro atoms. The molecule has 1 aliphatic heterocycles. The first-order valence-corrected chi connectivity index (χ1v) is 11.0. The number of carbonyl (C=O) groups is 2. The number of hydrogen-bond donors (Lipinski definition) is 0. The van der Waals surface area contributed by atoms with Gasteiger partial charge in [0.15, 0.2) is 16.4 Å². The van der Waals surface area contributed by atoms with Crippen molar-refractivity contribution in [2.45, 2.75) is 25.9 Å². The number of amides is 1. The van der Waals surface area contributed by atoms with Gasteiger partial charge < -0.3 is 9.64 Å². The van der Waals surface area contributed by atoms with Gasteiger partial charge in [0.1, 0.15) is 5.82 Å². The second-order valence-corrected chi connectivity index (χ2v) is 9.33. The molecular formula is C21H22FNO5S. The molecule has 1 amide bonds. The van der Waals surface area contributed by atoms with E-state index in [1.54, 1.807) is 6.92 Å². The van der Waals surface area contributed by atoms with Crippen molar-refractivity contribution < 1.29 is 27.1 Å². The van der Waals surface area contributed by atoms with Gasteiger partial charge in [0.05, 0.1) is 17.1 Å². The Hall–Kier alpha value is -2.74. The number of hydrogen-bond acceptors (Lipinski definition) is 5. The lowest BCUT2D eigenvalue weighted by atomic mass is 10.1. The third kappa shape index (κ3) is 5.41. The van der Waals surface area contributed by atoms with Crippen molar-refractivity contribution in [3.05, 3.63) is 71.0 Å². The van der Waals surface area contributed by atoms with Crippen LogP contribution in [0.3, 0.4) is 0 Å². The summed E-state index contributed by atoms with van der Waals surface area (Å²) in [6.45, 7) is 1.25. The highest BCUT2D eigenvalue weighted by Crippen LogP contribution is 2.20. The Balaban J connectivity index is 1.70. The van der Waals surface area contributed by atoms with Crippen LogP contribution in [0.1, 0.15) is 27.9 Å². The maximum Gasteiger partial charge on any atom is 0.338 e. The number of rotatable bonds is 6. The molecule has 3 rings (SSSR count). The lowest BCUT2D eigenvalue weighted by molar-refractivity contribution is -0.137. The highest BCUT2D eigenvalue weighted by molar-refractivity contribution is 7.91. The van der Waals surface area contributed by atoms with Crippen molar-refractivity contribution in [3.8, 4) is 0 Å².